The van der Waals surface area contributed by atoms with Gasteiger partial charge in [-0.2, -0.15) is 17.5 Å². The number of aromatic nitrogens is 2. The van der Waals surface area contributed by atoms with E-state index >= 15 is 0 Å². The highest BCUT2D eigenvalue weighted by Crippen LogP contribution is 2.30. The van der Waals surface area contributed by atoms with Crippen molar-refractivity contribution in [3.63, 3.8) is 0 Å². The molecule has 0 amide bonds. The Morgan fingerprint density at radius 3 is 2.31 bits per heavy atom. The number of rotatable bonds is 6. The smallest absolute Gasteiger partial charge is 0.391 e. The van der Waals surface area contributed by atoms with Crippen LogP contribution in [0.25, 0.3) is 11.1 Å². The minimum atomic E-state index is -4.50. The second-order valence-corrected chi connectivity index (χ2v) is 11.7. The summed E-state index contributed by atoms with van der Waals surface area (Å²) in [5.74, 6) is 0.914. The van der Waals surface area contributed by atoms with Crippen LogP contribution in [0.1, 0.15) is 18.4 Å². The molecular formula is C26H28F3N5O4S. The third kappa shape index (κ3) is 6.01. The van der Waals surface area contributed by atoms with Crippen molar-refractivity contribution in [3.05, 3.63) is 66.5 Å². The zero-order valence-electron chi connectivity index (χ0n) is 20.8. The number of hydrogen-bond donors (Lipinski definition) is 3. The summed E-state index contributed by atoms with van der Waals surface area (Å²) in [7, 11) is -3.88. The van der Waals surface area contributed by atoms with Gasteiger partial charge in [0.1, 0.15) is 11.6 Å². The molecule has 2 aliphatic heterocycles. The molecule has 5 rings (SSSR count). The Bertz CT molecular complexity index is 1400. The molecule has 1 aromatic carbocycles. The molecule has 0 bridgehead atoms. The number of nitrogens with zero attached hydrogens (tertiary/aromatic N) is 4. The second-order valence-electron chi connectivity index (χ2n) is 9.72. The van der Waals surface area contributed by atoms with E-state index in [4.69, 9.17) is 0 Å². The normalized spacial score (nSPS) is 22.7. The molecule has 0 spiro atoms. The fourth-order valence-electron chi connectivity index (χ4n) is 4.82. The summed E-state index contributed by atoms with van der Waals surface area (Å²) in [4.78, 5) is 10.2. The highest BCUT2D eigenvalue weighted by Gasteiger charge is 2.35. The van der Waals surface area contributed by atoms with Gasteiger partial charge in [0.15, 0.2) is 0 Å². The molecular weight excluding hydrogens is 535 g/mol. The number of anilines is 2. The highest BCUT2D eigenvalue weighted by molar-refractivity contribution is 7.89. The number of hydrogen-bond acceptors (Lipinski definition) is 8. The summed E-state index contributed by atoms with van der Waals surface area (Å²) < 4.78 is 66.0. The van der Waals surface area contributed by atoms with Gasteiger partial charge in [0.05, 0.1) is 28.7 Å². The van der Waals surface area contributed by atoms with Gasteiger partial charge in [0.2, 0.25) is 10.0 Å². The number of benzene rings is 1. The van der Waals surface area contributed by atoms with Crippen LogP contribution in [0.3, 0.4) is 0 Å². The number of aliphatic hydroxyl groups is 2. The van der Waals surface area contributed by atoms with Crippen LogP contribution in [0, 0.1) is 0 Å². The fourth-order valence-corrected chi connectivity index (χ4v) is 6.29. The summed E-state index contributed by atoms with van der Waals surface area (Å²) in [5.41, 5.74) is 0.796. The van der Waals surface area contributed by atoms with Crippen LogP contribution >= 0.6 is 0 Å². The quantitative estimate of drug-likeness (QED) is 0.419. The third-order valence-electron chi connectivity index (χ3n) is 7.03. The molecule has 208 valence electrons. The maximum atomic E-state index is 13.3. The lowest BCUT2D eigenvalue weighted by Crippen LogP contribution is -2.51. The van der Waals surface area contributed by atoms with Crippen molar-refractivity contribution >= 4 is 21.7 Å². The summed E-state index contributed by atoms with van der Waals surface area (Å²) in [6.45, 7) is 1.19. The maximum absolute atomic E-state index is 13.3. The molecule has 0 unspecified atom stereocenters. The molecule has 0 saturated carbocycles. The topological polar surface area (TPSA) is 119 Å². The number of alkyl halides is 3. The molecule has 4 heterocycles. The van der Waals surface area contributed by atoms with Crippen LogP contribution in [-0.4, -0.2) is 77.3 Å². The van der Waals surface area contributed by atoms with Crippen molar-refractivity contribution in [2.45, 2.75) is 42.2 Å². The number of sulfonamides is 1. The lowest BCUT2D eigenvalue weighted by Gasteiger charge is -2.35. The monoisotopic (exact) mass is 563 g/mol. The molecule has 2 aromatic heterocycles. The molecule has 13 heteroatoms. The third-order valence-corrected chi connectivity index (χ3v) is 8.91. The van der Waals surface area contributed by atoms with Gasteiger partial charge >= 0.3 is 6.18 Å². The number of halogens is 3. The van der Waals surface area contributed by atoms with E-state index in [0.29, 0.717) is 25.7 Å². The van der Waals surface area contributed by atoms with E-state index in [9.17, 15) is 31.8 Å². The first-order chi connectivity index (χ1) is 18.5. The predicted molar refractivity (Wildman–Crippen MR) is 139 cm³/mol. The Morgan fingerprint density at radius 2 is 1.69 bits per heavy atom. The van der Waals surface area contributed by atoms with Crippen molar-refractivity contribution in [2.24, 2.45) is 0 Å². The van der Waals surface area contributed by atoms with Gasteiger partial charge in [-0.25, -0.2) is 18.4 Å². The highest BCUT2D eigenvalue weighted by atomic mass is 32.2. The van der Waals surface area contributed by atoms with Gasteiger partial charge in [-0.1, -0.05) is 12.1 Å². The summed E-state index contributed by atoms with van der Waals surface area (Å²) >= 11 is 0. The zero-order valence-corrected chi connectivity index (χ0v) is 21.6. The van der Waals surface area contributed by atoms with E-state index in [1.54, 1.807) is 18.3 Å². The van der Waals surface area contributed by atoms with Gasteiger partial charge < -0.3 is 20.4 Å². The molecule has 3 N–H and O–H groups in total. The summed E-state index contributed by atoms with van der Waals surface area (Å²) in [6, 6.07) is 11.7. The van der Waals surface area contributed by atoms with Gasteiger partial charge in [-0.15, -0.1) is 0 Å². The standard InChI is InChI=1S/C26H28F3N5O4S/c27-26(28,29)19-3-6-24(31-14-19)32-22-9-12-34(16-23(22)36)39(37,38)21-4-1-17(2-5-21)18-7-10-30-25(13-18)33-11-8-20(35)15-33/h1-7,10,13-14,20,22-23,35-36H,8-9,11-12,15-16H2,(H,31,32)/t20-,22-,23+/m1/s1. The first-order valence-corrected chi connectivity index (χ1v) is 13.9. The lowest BCUT2D eigenvalue weighted by atomic mass is 10.0. The molecule has 3 atom stereocenters. The zero-order chi connectivity index (χ0) is 27.8. The summed E-state index contributed by atoms with van der Waals surface area (Å²) in [5, 5.41) is 23.3. The van der Waals surface area contributed by atoms with Crippen LogP contribution < -0.4 is 10.2 Å². The van der Waals surface area contributed by atoms with E-state index in [1.807, 2.05) is 17.0 Å². The Balaban J connectivity index is 1.23. The van der Waals surface area contributed by atoms with Gasteiger partial charge in [-0.05, 0) is 60.4 Å². The molecule has 2 fully saturated rings. The van der Waals surface area contributed by atoms with E-state index in [2.05, 4.69) is 15.3 Å². The minimum Gasteiger partial charge on any atom is -0.391 e. The Kier molecular flexibility index (Phi) is 7.51. The fraction of sp³-hybridized carbons (Fsp3) is 0.385. The average molecular weight is 564 g/mol. The number of pyridine rings is 2. The number of piperidine rings is 1. The van der Waals surface area contributed by atoms with Crippen LogP contribution in [0.2, 0.25) is 0 Å². The Labute approximate surface area is 224 Å². The molecule has 9 nitrogen and oxygen atoms in total. The Morgan fingerprint density at radius 1 is 0.923 bits per heavy atom. The average Bonchev–Trinajstić information content (AvgIpc) is 3.36. The van der Waals surface area contributed by atoms with Crippen molar-refractivity contribution in [1.82, 2.24) is 14.3 Å². The Hall–Kier alpha value is -3.26. The van der Waals surface area contributed by atoms with Gasteiger partial charge in [-0.3, -0.25) is 0 Å². The largest absolute Gasteiger partial charge is 0.417 e. The van der Waals surface area contributed by atoms with Gasteiger partial charge in [0.25, 0.3) is 0 Å². The van der Waals surface area contributed by atoms with Crippen LogP contribution in [0.5, 0.6) is 0 Å². The molecule has 39 heavy (non-hydrogen) atoms. The van der Waals surface area contributed by atoms with E-state index in [0.717, 1.165) is 23.0 Å². The first-order valence-electron chi connectivity index (χ1n) is 12.5. The number of aliphatic hydroxyl groups excluding tert-OH is 2. The minimum absolute atomic E-state index is 0.0891. The van der Waals surface area contributed by atoms with E-state index in [-0.39, 0.29) is 36.3 Å². The van der Waals surface area contributed by atoms with Crippen molar-refractivity contribution < 1.29 is 31.8 Å². The van der Waals surface area contributed by atoms with Crippen LogP contribution in [0.4, 0.5) is 24.8 Å². The van der Waals surface area contributed by atoms with Crippen molar-refractivity contribution in [1.29, 1.82) is 0 Å². The van der Waals surface area contributed by atoms with E-state index < -0.39 is 33.9 Å². The maximum Gasteiger partial charge on any atom is 0.417 e. The number of β-amino-alcohol motifs (C(OH)–C–C–N with tert-alkyl or cyclic N) is 2. The number of nitrogens with one attached hydrogen (secondary N) is 1. The van der Waals surface area contributed by atoms with Crippen molar-refractivity contribution in [2.75, 3.05) is 36.4 Å². The SMILES string of the molecule is O=S(=O)(c1ccc(-c2ccnc(N3CC[C@@H](O)C3)c2)cc1)N1CC[C@@H](Nc2ccc(C(F)(F)F)cn2)[C@@H](O)C1. The molecule has 2 aliphatic rings. The molecule has 3 aromatic rings. The lowest BCUT2D eigenvalue weighted by molar-refractivity contribution is -0.137. The predicted octanol–water partition coefficient (Wildman–Crippen LogP) is 2.97. The van der Waals surface area contributed by atoms with E-state index in [1.165, 1.54) is 22.5 Å². The summed E-state index contributed by atoms with van der Waals surface area (Å²) in [6.07, 6.45) is -2.64. The van der Waals surface area contributed by atoms with Crippen molar-refractivity contribution in [3.8, 4) is 11.1 Å². The first kappa shape index (κ1) is 27.3. The van der Waals surface area contributed by atoms with Crippen LogP contribution in [0.15, 0.2) is 65.8 Å². The molecule has 0 radical (unpaired) electrons. The second kappa shape index (κ2) is 10.7. The van der Waals surface area contributed by atoms with Gasteiger partial charge in [0, 0.05) is 38.6 Å². The molecule has 0 aliphatic carbocycles. The molecule has 2 saturated heterocycles. The van der Waals surface area contributed by atoms with Crippen LogP contribution in [-0.2, 0) is 16.2 Å².